The standard InChI is InChI=1S/C24H21FN2O2/c25-20-8-5-17(6-9-20)14-27-15-19(21-3-1-2-4-22(21)27)13-26-12-18-7-10-23-24(11-18)29-16-28-23/h1-11,15,26H,12-14,16H2. The minimum atomic E-state index is -0.209. The molecule has 0 amide bonds. The van der Waals surface area contributed by atoms with Crippen LogP contribution in [0.1, 0.15) is 16.7 Å². The molecule has 0 aliphatic carbocycles. The third-order valence-electron chi connectivity index (χ3n) is 5.22. The third kappa shape index (κ3) is 3.69. The average molecular weight is 388 g/mol. The van der Waals surface area contributed by atoms with Crippen LogP contribution in [-0.2, 0) is 19.6 Å². The molecule has 29 heavy (non-hydrogen) atoms. The van der Waals surface area contributed by atoms with Crippen LogP contribution < -0.4 is 14.8 Å². The van der Waals surface area contributed by atoms with Gasteiger partial charge in [0, 0.05) is 36.7 Å². The maximum absolute atomic E-state index is 13.2. The lowest BCUT2D eigenvalue weighted by Gasteiger charge is -2.06. The molecule has 0 atom stereocenters. The molecule has 2 heterocycles. The second-order valence-corrected chi connectivity index (χ2v) is 7.22. The van der Waals surface area contributed by atoms with Gasteiger partial charge in [-0.25, -0.2) is 4.39 Å². The Morgan fingerprint density at radius 3 is 2.55 bits per heavy atom. The zero-order chi connectivity index (χ0) is 19.6. The van der Waals surface area contributed by atoms with E-state index in [0.717, 1.165) is 35.7 Å². The van der Waals surface area contributed by atoms with Crippen LogP contribution in [0.2, 0.25) is 0 Å². The lowest BCUT2D eigenvalue weighted by Crippen LogP contribution is -2.12. The summed E-state index contributed by atoms with van der Waals surface area (Å²) in [7, 11) is 0. The third-order valence-corrected chi connectivity index (χ3v) is 5.22. The predicted molar refractivity (Wildman–Crippen MR) is 111 cm³/mol. The minimum absolute atomic E-state index is 0.209. The molecule has 146 valence electrons. The second kappa shape index (κ2) is 7.60. The Hall–Kier alpha value is -3.31. The number of ether oxygens (including phenoxy) is 2. The number of halogens is 1. The SMILES string of the molecule is Fc1ccc(Cn2cc(CNCc3ccc4c(c3)OCO4)c3ccccc32)cc1. The maximum atomic E-state index is 13.2. The van der Waals surface area contributed by atoms with Crippen LogP contribution in [-0.4, -0.2) is 11.4 Å². The fourth-order valence-corrected chi connectivity index (χ4v) is 3.77. The maximum Gasteiger partial charge on any atom is 0.231 e. The summed E-state index contributed by atoms with van der Waals surface area (Å²) < 4.78 is 26.2. The Bertz CT molecular complexity index is 1150. The van der Waals surface area contributed by atoms with Crippen LogP contribution in [0.5, 0.6) is 11.5 Å². The first-order valence-electron chi connectivity index (χ1n) is 9.67. The highest BCUT2D eigenvalue weighted by molar-refractivity contribution is 5.84. The first-order chi connectivity index (χ1) is 14.3. The normalized spacial score (nSPS) is 12.6. The largest absolute Gasteiger partial charge is 0.454 e. The molecule has 4 aromatic rings. The number of para-hydroxylation sites is 1. The predicted octanol–water partition coefficient (Wildman–Crippen LogP) is 4.85. The molecular formula is C24H21FN2O2. The van der Waals surface area contributed by atoms with Gasteiger partial charge in [0.1, 0.15) is 5.82 Å². The summed E-state index contributed by atoms with van der Waals surface area (Å²) in [6.07, 6.45) is 2.18. The van der Waals surface area contributed by atoms with Crippen molar-refractivity contribution in [1.82, 2.24) is 9.88 Å². The van der Waals surface area contributed by atoms with E-state index in [9.17, 15) is 4.39 Å². The van der Waals surface area contributed by atoms with Gasteiger partial charge in [0.25, 0.3) is 0 Å². The monoisotopic (exact) mass is 388 g/mol. The Morgan fingerprint density at radius 2 is 1.66 bits per heavy atom. The molecule has 5 heteroatoms. The summed E-state index contributed by atoms with van der Waals surface area (Å²) in [6, 6.07) is 21.1. The van der Waals surface area contributed by atoms with Crippen LogP contribution in [0, 0.1) is 5.82 Å². The van der Waals surface area contributed by atoms with Gasteiger partial charge in [-0.3, -0.25) is 0 Å². The number of aromatic nitrogens is 1. The Balaban J connectivity index is 1.32. The molecule has 0 unspecified atom stereocenters. The molecule has 3 aromatic carbocycles. The van der Waals surface area contributed by atoms with E-state index in [1.54, 1.807) is 0 Å². The zero-order valence-corrected chi connectivity index (χ0v) is 15.9. The van der Waals surface area contributed by atoms with Gasteiger partial charge in [0.2, 0.25) is 6.79 Å². The van der Waals surface area contributed by atoms with E-state index < -0.39 is 0 Å². The van der Waals surface area contributed by atoms with Gasteiger partial charge < -0.3 is 19.4 Å². The zero-order valence-electron chi connectivity index (χ0n) is 15.9. The van der Waals surface area contributed by atoms with Gasteiger partial charge in [-0.15, -0.1) is 0 Å². The van der Waals surface area contributed by atoms with Crippen LogP contribution >= 0.6 is 0 Å². The first-order valence-corrected chi connectivity index (χ1v) is 9.67. The highest BCUT2D eigenvalue weighted by atomic mass is 19.1. The number of benzene rings is 3. The molecular weight excluding hydrogens is 367 g/mol. The van der Waals surface area contributed by atoms with Crippen LogP contribution in [0.15, 0.2) is 72.9 Å². The second-order valence-electron chi connectivity index (χ2n) is 7.22. The average Bonchev–Trinajstić information content (AvgIpc) is 3.35. The van der Waals surface area contributed by atoms with E-state index in [1.807, 2.05) is 30.3 Å². The molecule has 1 aliphatic heterocycles. The Labute approximate surface area is 168 Å². The van der Waals surface area contributed by atoms with Gasteiger partial charge >= 0.3 is 0 Å². The molecule has 4 nitrogen and oxygen atoms in total. The Morgan fingerprint density at radius 1 is 0.862 bits per heavy atom. The topological polar surface area (TPSA) is 35.4 Å². The molecule has 5 rings (SSSR count). The molecule has 1 aliphatic rings. The van der Waals surface area contributed by atoms with E-state index in [0.29, 0.717) is 13.3 Å². The molecule has 0 radical (unpaired) electrons. The lowest BCUT2D eigenvalue weighted by atomic mass is 10.1. The van der Waals surface area contributed by atoms with Crippen molar-refractivity contribution in [2.45, 2.75) is 19.6 Å². The van der Waals surface area contributed by atoms with Crippen molar-refractivity contribution in [2.24, 2.45) is 0 Å². The Kier molecular flexibility index (Phi) is 4.66. The molecule has 0 saturated heterocycles. The minimum Gasteiger partial charge on any atom is -0.454 e. The van der Waals surface area contributed by atoms with Crippen molar-refractivity contribution in [3.8, 4) is 11.5 Å². The number of hydrogen-bond acceptors (Lipinski definition) is 3. The van der Waals surface area contributed by atoms with Gasteiger partial charge in [-0.2, -0.15) is 0 Å². The molecule has 0 bridgehead atoms. The number of nitrogens with one attached hydrogen (secondary N) is 1. The number of fused-ring (bicyclic) bond motifs is 2. The van der Waals surface area contributed by atoms with Crippen molar-refractivity contribution in [2.75, 3.05) is 6.79 Å². The van der Waals surface area contributed by atoms with E-state index in [4.69, 9.17) is 9.47 Å². The lowest BCUT2D eigenvalue weighted by molar-refractivity contribution is 0.174. The summed E-state index contributed by atoms with van der Waals surface area (Å²) in [5, 5.41) is 4.76. The van der Waals surface area contributed by atoms with Gasteiger partial charge in [-0.1, -0.05) is 36.4 Å². The molecule has 1 aromatic heterocycles. The van der Waals surface area contributed by atoms with Crippen molar-refractivity contribution in [3.63, 3.8) is 0 Å². The van der Waals surface area contributed by atoms with Crippen LogP contribution in [0.4, 0.5) is 4.39 Å². The fraction of sp³-hybridized carbons (Fsp3) is 0.167. The quantitative estimate of drug-likeness (QED) is 0.513. The highest BCUT2D eigenvalue weighted by Crippen LogP contribution is 2.32. The van der Waals surface area contributed by atoms with Crippen LogP contribution in [0.3, 0.4) is 0 Å². The van der Waals surface area contributed by atoms with E-state index in [-0.39, 0.29) is 5.82 Å². The molecule has 0 saturated carbocycles. The van der Waals surface area contributed by atoms with Crippen molar-refractivity contribution < 1.29 is 13.9 Å². The first kappa shape index (κ1) is 17.8. The summed E-state index contributed by atoms with van der Waals surface area (Å²) in [5.74, 6) is 1.40. The molecule has 0 spiro atoms. The number of nitrogens with zero attached hydrogens (tertiary/aromatic N) is 1. The van der Waals surface area contributed by atoms with Crippen molar-refractivity contribution in [3.05, 3.63) is 95.4 Å². The summed E-state index contributed by atoms with van der Waals surface area (Å²) in [6.45, 7) is 2.50. The summed E-state index contributed by atoms with van der Waals surface area (Å²) in [5.41, 5.74) is 4.65. The summed E-state index contributed by atoms with van der Waals surface area (Å²) >= 11 is 0. The fourth-order valence-electron chi connectivity index (χ4n) is 3.77. The summed E-state index contributed by atoms with van der Waals surface area (Å²) in [4.78, 5) is 0. The number of rotatable bonds is 6. The van der Waals surface area contributed by atoms with Crippen molar-refractivity contribution in [1.29, 1.82) is 0 Å². The number of hydrogen-bond donors (Lipinski definition) is 1. The highest BCUT2D eigenvalue weighted by Gasteiger charge is 2.13. The van der Waals surface area contributed by atoms with Crippen molar-refractivity contribution >= 4 is 10.9 Å². The van der Waals surface area contributed by atoms with Gasteiger partial charge in [-0.05, 0) is 47.0 Å². The smallest absolute Gasteiger partial charge is 0.231 e. The van der Waals surface area contributed by atoms with E-state index >= 15 is 0 Å². The molecule has 1 N–H and O–H groups in total. The van der Waals surface area contributed by atoms with E-state index in [1.165, 1.54) is 28.6 Å². The van der Waals surface area contributed by atoms with Gasteiger partial charge in [0.05, 0.1) is 0 Å². The van der Waals surface area contributed by atoms with E-state index in [2.05, 4.69) is 40.3 Å². The molecule has 0 fully saturated rings. The van der Waals surface area contributed by atoms with Gasteiger partial charge in [0.15, 0.2) is 11.5 Å². The van der Waals surface area contributed by atoms with Crippen LogP contribution in [0.25, 0.3) is 10.9 Å².